The number of hydrogen-bond donors (Lipinski definition) is 2. The summed E-state index contributed by atoms with van der Waals surface area (Å²) in [5.41, 5.74) is -1.19. The Kier molecular flexibility index (Phi) is 3.85. The molecule has 0 spiro atoms. The molecule has 0 unspecified atom stereocenters. The van der Waals surface area contributed by atoms with Gasteiger partial charge in [0.05, 0.1) is 5.69 Å². The van der Waals surface area contributed by atoms with Gasteiger partial charge in [0, 0.05) is 20.0 Å². The second-order valence-corrected chi connectivity index (χ2v) is 4.85. The van der Waals surface area contributed by atoms with Gasteiger partial charge in [-0.05, 0) is 12.1 Å². The minimum absolute atomic E-state index is 0.120. The summed E-state index contributed by atoms with van der Waals surface area (Å²) in [7, 11) is 0. The second kappa shape index (κ2) is 5.47. The van der Waals surface area contributed by atoms with Crippen LogP contribution in [0.25, 0.3) is 0 Å². The summed E-state index contributed by atoms with van der Waals surface area (Å²) in [4.78, 5) is 34.4. The van der Waals surface area contributed by atoms with E-state index in [1.807, 2.05) is 0 Å². The minimum atomic E-state index is -1.49. The van der Waals surface area contributed by atoms with Gasteiger partial charge in [0.2, 0.25) is 0 Å². The highest BCUT2D eigenvalue weighted by molar-refractivity contribution is 6.15. The Morgan fingerprint density at radius 3 is 2.41 bits per heavy atom. The van der Waals surface area contributed by atoms with Crippen LogP contribution < -0.4 is 5.32 Å². The predicted octanol–water partition coefficient (Wildman–Crippen LogP) is 1.66. The largest absolute Gasteiger partial charge is 0.478 e. The van der Waals surface area contributed by atoms with Crippen LogP contribution >= 0.6 is 0 Å². The molecule has 0 radical (unpaired) electrons. The molecule has 8 heteroatoms. The number of cyclic esters (lactones) is 2. The maximum absolute atomic E-state index is 13.5. The summed E-state index contributed by atoms with van der Waals surface area (Å²) >= 11 is 0. The van der Waals surface area contributed by atoms with Crippen molar-refractivity contribution in [3.63, 3.8) is 0 Å². The zero-order valence-corrected chi connectivity index (χ0v) is 11.7. The Balaban J connectivity index is 2.30. The number of anilines is 1. The van der Waals surface area contributed by atoms with Crippen LogP contribution in [0.2, 0.25) is 0 Å². The molecule has 7 nitrogen and oxygen atoms in total. The van der Waals surface area contributed by atoms with E-state index in [1.54, 1.807) is 0 Å². The van der Waals surface area contributed by atoms with Gasteiger partial charge in [0.1, 0.15) is 11.4 Å². The van der Waals surface area contributed by atoms with Gasteiger partial charge >= 0.3 is 17.9 Å². The van der Waals surface area contributed by atoms with Crippen LogP contribution in [-0.2, 0) is 19.1 Å². The lowest BCUT2D eigenvalue weighted by Gasteiger charge is -2.29. The molecule has 0 atom stereocenters. The lowest BCUT2D eigenvalue weighted by Crippen LogP contribution is -2.42. The molecule has 1 aromatic carbocycles. The van der Waals surface area contributed by atoms with Crippen molar-refractivity contribution in [1.29, 1.82) is 0 Å². The number of hydrogen-bond acceptors (Lipinski definition) is 6. The van der Waals surface area contributed by atoms with Crippen molar-refractivity contribution in [2.45, 2.75) is 19.6 Å². The maximum Gasteiger partial charge on any atom is 0.350 e. The standard InChI is InChI=1S/C14H12FNO6/c1-14(2)21-12(19)7(13(20)22-14)6-16-9-5-3-4-8(15)10(9)11(17)18/h3-6,16H,1-2H3,(H,17,18). The van der Waals surface area contributed by atoms with Crippen molar-refractivity contribution in [2.24, 2.45) is 0 Å². The predicted molar refractivity (Wildman–Crippen MR) is 71.3 cm³/mol. The van der Waals surface area contributed by atoms with Crippen molar-refractivity contribution in [2.75, 3.05) is 5.32 Å². The topological polar surface area (TPSA) is 102 Å². The van der Waals surface area contributed by atoms with Gasteiger partial charge in [0.15, 0.2) is 5.57 Å². The molecule has 2 N–H and O–H groups in total. The molecular weight excluding hydrogens is 297 g/mol. The number of rotatable bonds is 3. The third-order valence-corrected chi connectivity index (χ3v) is 2.72. The molecule has 0 bridgehead atoms. The first-order valence-corrected chi connectivity index (χ1v) is 6.16. The number of benzene rings is 1. The van der Waals surface area contributed by atoms with Gasteiger partial charge in [0.25, 0.3) is 5.79 Å². The van der Waals surface area contributed by atoms with Crippen molar-refractivity contribution < 1.29 is 33.4 Å². The Morgan fingerprint density at radius 2 is 1.86 bits per heavy atom. The van der Waals surface area contributed by atoms with Crippen molar-refractivity contribution >= 4 is 23.6 Å². The molecule has 22 heavy (non-hydrogen) atoms. The molecule has 0 aliphatic carbocycles. The lowest BCUT2D eigenvalue weighted by molar-refractivity contribution is -0.222. The van der Waals surface area contributed by atoms with E-state index in [4.69, 9.17) is 14.6 Å². The summed E-state index contributed by atoms with van der Waals surface area (Å²) in [6.07, 6.45) is 0.918. The fraction of sp³-hybridized carbons (Fsp3) is 0.214. The van der Waals surface area contributed by atoms with E-state index in [2.05, 4.69) is 5.32 Å². The van der Waals surface area contributed by atoms with Gasteiger partial charge < -0.3 is 19.9 Å². The maximum atomic E-state index is 13.5. The molecule has 1 heterocycles. The Hall–Kier alpha value is -2.90. The van der Waals surface area contributed by atoms with E-state index in [0.717, 1.165) is 12.3 Å². The first kappa shape index (κ1) is 15.5. The van der Waals surface area contributed by atoms with Crippen LogP contribution in [0.4, 0.5) is 10.1 Å². The third-order valence-electron chi connectivity index (χ3n) is 2.72. The number of carboxylic acids is 1. The Labute approximate surface area is 124 Å². The van der Waals surface area contributed by atoms with Crippen molar-refractivity contribution in [3.8, 4) is 0 Å². The highest BCUT2D eigenvalue weighted by Gasteiger charge is 2.39. The Bertz CT molecular complexity index is 673. The van der Waals surface area contributed by atoms with E-state index < -0.39 is 40.6 Å². The van der Waals surface area contributed by atoms with Crippen LogP contribution in [0, 0.1) is 5.82 Å². The fourth-order valence-electron chi connectivity index (χ4n) is 1.79. The number of nitrogens with one attached hydrogen (secondary N) is 1. The average Bonchev–Trinajstić information content (AvgIpc) is 2.35. The van der Waals surface area contributed by atoms with Crippen LogP contribution in [0.1, 0.15) is 24.2 Å². The normalized spacial score (nSPS) is 16.6. The molecule has 1 fully saturated rings. The molecule has 0 saturated carbocycles. The summed E-state index contributed by atoms with van der Waals surface area (Å²) < 4.78 is 23.2. The summed E-state index contributed by atoms with van der Waals surface area (Å²) in [6.45, 7) is 2.78. The summed E-state index contributed by atoms with van der Waals surface area (Å²) in [6, 6.07) is 3.55. The number of esters is 2. The van der Waals surface area contributed by atoms with Gasteiger partial charge in [-0.1, -0.05) is 6.07 Å². The molecule has 1 saturated heterocycles. The number of carbonyl (C=O) groups is 3. The number of halogens is 1. The van der Waals surface area contributed by atoms with E-state index >= 15 is 0 Å². The van der Waals surface area contributed by atoms with Crippen LogP contribution in [0.15, 0.2) is 30.0 Å². The monoisotopic (exact) mass is 309 g/mol. The van der Waals surface area contributed by atoms with E-state index in [9.17, 15) is 18.8 Å². The van der Waals surface area contributed by atoms with Crippen molar-refractivity contribution in [3.05, 3.63) is 41.4 Å². The number of ether oxygens (including phenoxy) is 2. The third kappa shape index (κ3) is 3.05. The highest BCUT2D eigenvalue weighted by Crippen LogP contribution is 2.24. The van der Waals surface area contributed by atoms with Gasteiger partial charge in [-0.3, -0.25) is 0 Å². The summed E-state index contributed by atoms with van der Waals surface area (Å²) in [5.74, 6) is -5.68. The van der Waals surface area contributed by atoms with Crippen LogP contribution in [0.3, 0.4) is 0 Å². The molecule has 2 rings (SSSR count). The van der Waals surface area contributed by atoms with E-state index in [1.165, 1.54) is 26.0 Å². The SMILES string of the molecule is CC1(C)OC(=O)C(=CNc2cccc(F)c2C(=O)O)C(=O)O1. The minimum Gasteiger partial charge on any atom is -0.478 e. The second-order valence-electron chi connectivity index (χ2n) is 4.85. The molecular formula is C14H12FNO6. The zero-order chi connectivity index (χ0) is 16.5. The molecule has 1 aromatic rings. The fourth-order valence-corrected chi connectivity index (χ4v) is 1.79. The quantitative estimate of drug-likeness (QED) is 0.497. The number of carbonyl (C=O) groups excluding carboxylic acids is 2. The van der Waals surface area contributed by atoms with Crippen LogP contribution in [-0.4, -0.2) is 28.8 Å². The lowest BCUT2D eigenvalue weighted by atomic mass is 10.1. The van der Waals surface area contributed by atoms with Gasteiger partial charge in [-0.25, -0.2) is 18.8 Å². The molecule has 1 aliphatic rings. The summed E-state index contributed by atoms with van der Waals surface area (Å²) in [5, 5.41) is 11.4. The number of carboxylic acid groups (broad SMARTS) is 1. The van der Waals surface area contributed by atoms with E-state index in [0.29, 0.717) is 0 Å². The molecule has 1 aliphatic heterocycles. The molecule has 116 valence electrons. The molecule has 0 amide bonds. The average molecular weight is 309 g/mol. The smallest absolute Gasteiger partial charge is 0.350 e. The van der Waals surface area contributed by atoms with Crippen molar-refractivity contribution in [1.82, 2.24) is 0 Å². The van der Waals surface area contributed by atoms with Gasteiger partial charge in [-0.15, -0.1) is 0 Å². The van der Waals surface area contributed by atoms with E-state index in [-0.39, 0.29) is 5.69 Å². The molecule has 0 aromatic heterocycles. The van der Waals surface area contributed by atoms with Crippen LogP contribution in [0.5, 0.6) is 0 Å². The number of aromatic carboxylic acids is 1. The van der Waals surface area contributed by atoms with Gasteiger partial charge in [-0.2, -0.15) is 0 Å². The zero-order valence-electron chi connectivity index (χ0n) is 11.7. The first-order chi connectivity index (χ1) is 10.2. The first-order valence-electron chi connectivity index (χ1n) is 6.16. The highest BCUT2D eigenvalue weighted by atomic mass is 19.1. The Morgan fingerprint density at radius 1 is 1.27 bits per heavy atom.